The Hall–Kier alpha value is -0.180. The maximum absolute atomic E-state index is 11.0. The zero-order valence-corrected chi connectivity index (χ0v) is 12.9. The third-order valence-corrected chi connectivity index (χ3v) is 3.30. The fourth-order valence-corrected chi connectivity index (χ4v) is 2.12. The summed E-state index contributed by atoms with van der Waals surface area (Å²) in [5, 5.41) is 0. The number of carbonyl (C=O) groups excluding carboxylic acids is 1. The van der Waals surface area contributed by atoms with E-state index in [2.05, 4.69) is 19.6 Å². The second kappa shape index (κ2) is 14.9. The van der Waals surface area contributed by atoms with Crippen LogP contribution in [0.25, 0.3) is 0 Å². The molecule has 0 spiro atoms. The molecule has 0 aromatic carbocycles. The number of rotatable bonds is 13. The Morgan fingerprint density at radius 1 is 0.889 bits per heavy atom. The first-order chi connectivity index (χ1) is 8.81. The van der Waals surface area contributed by atoms with E-state index < -0.39 is 0 Å². The molecule has 0 aromatic heterocycles. The van der Waals surface area contributed by atoms with Gasteiger partial charge in [-0.2, -0.15) is 12.6 Å². The predicted octanol–water partition coefficient (Wildman–Crippen LogP) is 4.77. The molecule has 0 bridgehead atoms. The van der Waals surface area contributed by atoms with E-state index in [0.717, 1.165) is 6.42 Å². The largest absolute Gasteiger partial charge is 0.466 e. The Balaban J connectivity index is 3.01. The van der Waals surface area contributed by atoms with Crippen LogP contribution in [0.4, 0.5) is 0 Å². The summed E-state index contributed by atoms with van der Waals surface area (Å²) in [6.07, 6.45) is 13.5. The molecule has 0 aliphatic carbocycles. The van der Waals surface area contributed by atoms with E-state index >= 15 is 0 Å². The van der Waals surface area contributed by atoms with Crippen molar-refractivity contribution in [2.75, 3.05) is 12.4 Å². The number of thiol groups is 1. The Morgan fingerprint density at radius 3 is 1.89 bits per heavy atom. The van der Waals surface area contributed by atoms with Crippen LogP contribution in [-0.4, -0.2) is 18.3 Å². The van der Waals surface area contributed by atoms with Gasteiger partial charge < -0.3 is 4.74 Å². The molecule has 0 aliphatic rings. The van der Waals surface area contributed by atoms with Gasteiger partial charge in [-0.05, 0) is 6.42 Å². The lowest BCUT2D eigenvalue weighted by Crippen LogP contribution is -2.06. The molecule has 0 heterocycles. The molecule has 2 nitrogen and oxygen atoms in total. The van der Waals surface area contributed by atoms with Crippen molar-refractivity contribution in [2.24, 2.45) is 0 Å². The van der Waals surface area contributed by atoms with Crippen LogP contribution in [0.1, 0.15) is 77.6 Å². The van der Waals surface area contributed by atoms with E-state index in [1.165, 1.54) is 57.8 Å². The van der Waals surface area contributed by atoms with Gasteiger partial charge in [-0.1, -0.05) is 64.7 Å². The number of ether oxygens (including phenoxy) is 1. The number of carbonyl (C=O) groups is 1. The lowest BCUT2D eigenvalue weighted by molar-refractivity contribution is -0.143. The molecule has 0 rings (SSSR count). The second-order valence-electron chi connectivity index (χ2n) is 4.88. The van der Waals surface area contributed by atoms with E-state index in [1.54, 1.807) is 0 Å². The van der Waals surface area contributed by atoms with Crippen molar-refractivity contribution in [3.05, 3.63) is 0 Å². The van der Waals surface area contributed by atoms with Crippen LogP contribution < -0.4 is 0 Å². The summed E-state index contributed by atoms with van der Waals surface area (Å²) in [5.41, 5.74) is 0. The molecule has 0 aliphatic heterocycles. The highest BCUT2D eigenvalue weighted by Gasteiger charge is 1.99. The van der Waals surface area contributed by atoms with Crippen LogP contribution in [0.3, 0.4) is 0 Å². The van der Waals surface area contributed by atoms with Crippen LogP contribution >= 0.6 is 12.6 Å². The molecule has 108 valence electrons. The monoisotopic (exact) mass is 274 g/mol. The highest BCUT2D eigenvalue weighted by atomic mass is 32.1. The summed E-state index contributed by atoms with van der Waals surface area (Å²) in [7, 11) is 0. The molecule has 0 unspecified atom stereocenters. The Kier molecular flexibility index (Phi) is 14.7. The quantitative estimate of drug-likeness (QED) is 0.297. The molecule has 0 fully saturated rings. The third-order valence-electron chi connectivity index (χ3n) is 3.08. The molecule has 0 saturated heterocycles. The first kappa shape index (κ1) is 17.8. The van der Waals surface area contributed by atoms with Gasteiger partial charge in [0.1, 0.15) is 0 Å². The van der Waals surface area contributed by atoms with E-state index in [0.29, 0.717) is 18.8 Å². The SMILES string of the molecule is CCCCCCCCCCCCOC(=O)CCS. The lowest BCUT2D eigenvalue weighted by Gasteiger charge is -2.04. The van der Waals surface area contributed by atoms with Crippen LogP contribution in [0, 0.1) is 0 Å². The summed E-state index contributed by atoms with van der Waals surface area (Å²) in [4.78, 5) is 11.0. The zero-order valence-electron chi connectivity index (χ0n) is 12.0. The van der Waals surface area contributed by atoms with Gasteiger partial charge in [-0.25, -0.2) is 0 Å². The highest BCUT2D eigenvalue weighted by molar-refractivity contribution is 7.80. The molecule has 0 radical (unpaired) electrons. The van der Waals surface area contributed by atoms with Gasteiger partial charge in [-0.15, -0.1) is 0 Å². The molecule has 3 heteroatoms. The van der Waals surface area contributed by atoms with Gasteiger partial charge in [0.25, 0.3) is 0 Å². The van der Waals surface area contributed by atoms with Crippen LogP contribution in [-0.2, 0) is 9.53 Å². The number of esters is 1. The molecule has 18 heavy (non-hydrogen) atoms. The standard InChI is InChI=1S/C15H30O2S/c1-2-3-4-5-6-7-8-9-10-11-13-17-15(16)12-14-18/h18H,2-14H2,1H3. The molecule has 0 saturated carbocycles. The second-order valence-corrected chi connectivity index (χ2v) is 5.32. The van der Waals surface area contributed by atoms with E-state index in [4.69, 9.17) is 4.74 Å². The molecule has 0 aromatic rings. The smallest absolute Gasteiger partial charge is 0.306 e. The van der Waals surface area contributed by atoms with Gasteiger partial charge in [0.15, 0.2) is 0 Å². The van der Waals surface area contributed by atoms with Crippen molar-refractivity contribution in [3.63, 3.8) is 0 Å². The van der Waals surface area contributed by atoms with Gasteiger partial charge in [0, 0.05) is 5.75 Å². The average molecular weight is 274 g/mol. The van der Waals surface area contributed by atoms with Crippen molar-refractivity contribution in [1.82, 2.24) is 0 Å². The first-order valence-electron chi connectivity index (χ1n) is 7.57. The number of hydrogen-bond acceptors (Lipinski definition) is 3. The van der Waals surface area contributed by atoms with Crippen LogP contribution in [0.15, 0.2) is 0 Å². The van der Waals surface area contributed by atoms with E-state index in [1.807, 2.05) is 0 Å². The minimum Gasteiger partial charge on any atom is -0.466 e. The summed E-state index contributed by atoms with van der Waals surface area (Å²) >= 11 is 3.99. The van der Waals surface area contributed by atoms with Gasteiger partial charge >= 0.3 is 5.97 Å². The summed E-state index contributed by atoms with van der Waals surface area (Å²) in [6.45, 7) is 2.84. The highest BCUT2D eigenvalue weighted by Crippen LogP contribution is 2.10. The normalized spacial score (nSPS) is 10.6. The Morgan fingerprint density at radius 2 is 1.39 bits per heavy atom. The van der Waals surface area contributed by atoms with Crippen LogP contribution in [0.2, 0.25) is 0 Å². The molecule has 0 atom stereocenters. The summed E-state index contributed by atoms with van der Waals surface area (Å²) in [6, 6.07) is 0. The van der Waals surface area contributed by atoms with E-state index in [-0.39, 0.29) is 5.97 Å². The summed E-state index contributed by atoms with van der Waals surface area (Å²) < 4.78 is 5.07. The number of unbranched alkanes of at least 4 members (excludes halogenated alkanes) is 9. The van der Waals surface area contributed by atoms with Crippen molar-refractivity contribution in [3.8, 4) is 0 Å². The van der Waals surface area contributed by atoms with E-state index in [9.17, 15) is 4.79 Å². The zero-order chi connectivity index (χ0) is 13.5. The lowest BCUT2D eigenvalue weighted by atomic mass is 10.1. The topological polar surface area (TPSA) is 26.3 Å². The Labute approximate surface area is 118 Å². The molecule has 0 N–H and O–H groups in total. The van der Waals surface area contributed by atoms with Crippen LogP contribution in [0.5, 0.6) is 0 Å². The molecular formula is C15H30O2S. The van der Waals surface area contributed by atoms with Crippen molar-refractivity contribution in [2.45, 2.75) is 77.6 Å². The third kappa shape index (κ3) is 13.9. The number of hydrogen-bond donors (Lipinski definition) is 1. The van der Waals surface area contributed by atoms with Crippen molar-refractivity contribution in [1.29, 1.82) is 0 Å². The molecule has 0 amide bonds. The summed E-state index contributed by atoms with van der Waals surface area (Å²) in [5.74, 6) is 0.470. The van der Waals surface area contributed by atoms with Crippen molar-refractivity contribution >= 4 is 18.6 Å². The fraction of sp³-hybridized carbons (Fsp3) is 0.933. The Bertz CT molecular complexity index is 183. The fourth-order valence-electron chi connectivity index (χ4n) is 1.94. The average Bonchev–Trinajstić information content (AvgIpc) is 2.36. The maximum atomic E-state index is 11.0. The molecular weight excluding hydrogens is 244 g/mol. The maximum Gasteiger partial charge on any atom is 0.306 e. The van der Waals surface area contributed by atoms with Crippen molar-refractivity contribution < 1.29 is 9.53 Å². The van der Waals surface area contributed by atoms with Gasteiger partial charge in [0.05, 0.1) is 13.0 Å². The predicted molar refractivity (Wildman–Crippen MR) is 81.3 cm³/mol. The first-order valence-corrected chi connectivity index (χ1v) is 8.21. The van der Waals surface area contributed by atoms with Gasteiger partial charge in [-0.3, -0.25) is 4.79 Å². The minimum absolute atomic E-state index is 0.110. The van der Waals surface area contributed by atoms with Gasteiger partial charge in [0.2, 0.25) is 0 Å². The minimum atomic E-state index is -0.110.